The van der Waals surface area contributed by atoms with Crippen LogP contribution in [-0.4, -0.2) is 31.5 Å². The minimum Gasteiger partial charge on any atom is -0.494 e. The number of hydrogen-bond donors (Lipinski definition) is 1. The number of amides is 2. The lowest BCUT2D eigenvalue weighted by Crippen LogP contribution is -3.12. The van der Waals surface area contributed by atoms with Gasteiger partial charge in [0.25, 0.3) is 5.91 Å². The maximum absolute atomic E-state index is 12.9. The molecule has 2 amide bonds. The highest BCUT2D eigenvalue weighted by molar-refractivity contribution is 6.21. The third-order valence-electron chi connectivity index (χ3n) is 4.45. The molecule has 1 unspecified atom stereocenters. The van der Waals surface area contributed by atoms with Gasteiger partial charge in [0.05, 0.1) is 25.8 Å². The first kappa shape index (κ1) is 17.2. The van der Waals surface area contributed by atoms with Crippen LogP contribution in [-0.2, 0) is 16.1 Å². The largest absolute Gasteiger partial charge is 0.494 e. The summed E-state index contributed by atoms with van der Waals surface area (Å²) >= 11 is 0. The molecule has 2 atom stereocenters. The molecule has 0 aliphatic carbocycles. The summed E-state index contributed by atoms with van der Waals surface area (Å²) in [6.45, 7) is 3.14. The van der Waals surface area contributed by atoms with E-state index < -0.39 is 0 Å². The molecule has 2 aromatic carbocycles. The lowest BCUT2D eigenvalue weighted by molar-refractivity contribution is -0.908. The Hall–Kier alpha value is -2.66. The molecule has 0 aromatic heterocycles. The number of rotatable bonds is 6. The average Bonchev–Trinajstić information content (AvgIpc) is 2.91. The number of anilines is 1. The maximum Gasteiger partial charge on any atom is 0.292 e. The van der Waals surface area contributed by atoms with Crippen molar-refractivity contribution in [2.45, 2.75) is 25.9 Å². The van der Waals surface area contributed by atoms with Crippen molar-refractivity contribution in [3.63, 3.8) is 0 Å². The Labute approximate surface area is 147 Å². The normalized spacial score (nSPS) is 18.5. The summed E-state index contributed by atoms with van der Waals surface area (Å²) in [5.74, 6) is 0.358. The molecule has 5 nitrogen and oxygen atoms in total. The highest BCUT2D eigenvalue weighted by atomic mass is 16.5. The molecule has 0 spiro atoms. The molecule has 0 saturated carbocycles. The number of nitrogens with zero attached hydrogens (tertiary/aromatic N) is 1. The standard InChI is InChI=1S/C20H22N2O3/c1-3-25-17-11-7-10-16(12-17)22-19(23)13-18(20(22)24)21(2)14-15-8-5-4-6-9-15/h4-12,18H,3,13-14H2,1-2H3/p+1/t18-/m1/s1. The van der Waals surface area contributed by atoms with Gasteiger partial charge in [0.2, 0.25) is 5.91 Å². The predicted octanol–water partition coefficient (Wildman–Crippen LogP) is 1.43. The summed E-state index contributed by atoms with van der Waals surface area (Å²) in [4.78, 5) is 27.6. The molecule has 0 radical (unpaired) electrons. The Bertz CT molecular complexity index is 761. The lowest BCUT2D eigenvalue weighted by atomic mass is 10.1. The van der Waals surface area contributed by atoms with Gasteiger partial charge in [0.1, 0.15) is 12.3 Å². The molecule has 2 aromatic rings. The van der Waals surface area contributed by atoms with Crippen molar-refractivity contribution >= 4 is 17.5 Å². The van der Waals surface area contributed by atoms with Crippen LogP contribution in [0.1, 0.15) is 18.9 Å². The van der Waals surface area contributed by atoms with E-state index in [0.29, 0.717) is 24.6 Å². The Kier molecular flexibility index (Phi) is 5.14. The smallest absolute Gasteiger partial charge is 0.292 e. The number of carbonyl (C=O) groups excluding carboxylic acids is 2. The molecule has 1 heterocycles. The molecule has 25 heavy (non-hydrogen) atoms. The third-order valence-corrected chi connectivity index (χ3v) is 4.45. The van der Waals surface area contributed by atoms with E-state index >= 15 is 0 Å². The van der Waals surface area contributed by atoms with E-state index in [1.165, 1.54) is 4.90 Å². The molecule has 5 heteroatoms. The second kappa shape index (κ2) is 7.49. The molecule has 1 aliphatic rings. The fraction of sp³-hybridized carbons (Fsp3) is 0.300. The van der Waals surface area contributed by atoms with Crippen molar-refractivity contribution in [2.75, 3.05) is 18.6 Å². The van der Waals surface area contributed by atoms with E-state index in [1.54, 1.807) is 18.2 Å². The highest BCUT2D eigenvalue weighted by Crippen LogP contribution is 2.26. The van der Waals surface area contributed by atoms with Crippen molar-refractivity contribution < 1.29 is 19.2 Å². The van der Waals surface area contributed by atoms with E-state index in [1.807, 2.05) is 50.4 Å². The van der Waals surface area contributed by atoms with Gasteiger partial charge in [0.15, 0.2) is 6.04 Å². The molecule has 0 bridgehead atoms. The van der Waals surface area contributed by atoms with E-state index in [2.05, 4.69) is 0 Å². The zero-order chi connectivity index (χ0) is 17.8. The van der Waals surface area contributed by atoms with Gasteiger partial charge >= 0.3 is 0 Å². The number of nitrogens with one attached hydrogen (secondary N) is 1. The second-order valence-corrected chi connectivity index (χ2v) is 6.26. The first-order chi connectivity index (χ1) is 12.1. The van der Waals surface area contributed by atoms with Crippen molar-refractivity contribution in [3.05, 3.63) is 60.2 Å². The van der Waals surface area contributed by atoms with Crippen LogP contribution in [0.2, 0.25) is 0 Å². The third kappa shape index (κ3) is 3.72. The number of imide groups is 1. The summed E-state index contributed by atoms with van der Waals surface area (Å²) in [5.41, 5.74) is 1.73. The number of benzene rings is 2. The Balaban J connectivity index is 1.77. The van der Waals surface area contributed by atoms with Gasteiger partial charge in [-0.1, -0.05) is 36.4 Å². The molecule has 130 valence electrons. The molecule has 1 aliphatic heterocycles. The van der Waals surface area contributed by atoms with Crippen molar-refractivity contribution in [1.82, 2.24) is 0 Å². The number of ether oxygens (including phenoxy) is 1. The zero-order valence-corrected chi connectivity index (χ0v) is 14.6. The van der Waals surface area contributed by atoms with E-state index in [9.17, 15) is 9.59 Å². The SMILES string of the molecule is CCOc1cccc(N2C(=O)C[C@@H]([NH+](C)Cc3ccccc3)C2=O)c1. The van der Waals surface area contributed by atoms with Crippen LogP contribution in [0, 0.1) is 0 Å². The van der Waals surface area contributed by atoms with Gasteiger partial charge in [-0.2, -0.15) is 0 Å². The van der Waals surface area contributed by atoms with Gasteiger partial charge in [-0.15, -0.1) is 0 Å². The summed E-state index contributed by atoms with van der Waals surface area (Å²) in [7, 11) is 1.96. The first-order valence-electron chi connectivity index (χ1n) is 8.56. The van der Waals surface area contributed by atoms with Crippen LogP contribution in [0.3, 0.4) is 0 Å². The predicted molar refractivity (Wildman–Crippen MR) is 95.5 cm³/mol. The minimum atomic E-state index is -0.358. The fourth-order valence-electron chi connectivity index (χ4n) is 3.21. The van der Waals surface area contributed by atoms with Crippen molar-refractivity contribution in [3.8, 4) is 5.75 Å². The van der Waals surface area contributed by atoms with E-state index in [-0.39, 0.29) is 24.3 Å². The Morgan fingerprint density at radius 1 is 1.12 bits per heavy atom. The quantitative estimate of drug-likeness (QED) is 0.810. The fourth-order valence-corrected chi connectivity index (χ4v) is 3.21. The monoisotopic (exact) mass is 339 g/mol. The van der Waals surface area contributed by atoms with Crippen molar-refractivity contribution in [2.24, 2.45) is 0 Å². The highest BCUT2D eigenvalue weighted by Gasteiger charge is 2.44. The van der Waals surface area contributed by atoms with E-state index in [0.717, 1.165) is 10.5 Å². The Morgan fingerprint density at radius 2 is 1.88 bits per heavy atom. The van der Waals surface area contributed by atoms with Crippen LogP contribution in [0.4, 0.5) is 5.69 Å². The maximum atomic E-state index is 12.9. The number of hydrogen-bond acceptors (Lipinski definition) is 3. The van der Waals surface area contributed by atoms with Gasteiger partial charge < -0.3 is 9.64 Å². The molecule has 1 fully saturated rings. The van der Waals surface area contributed by atoms with Crippen LogP contribution < -0.4 is 14.5 Å². The van der Waals surface area contributed by atoms with Crippen LogP contribution >= 0.6 is 0 Å². The lowest BCUT2D eigenvalue weighted by Gasteiger charge is -2.20. The number of carbonyl (C=O) groups is 2. The first-order valence-corrected chi connectivity index (χ1v) is 8.56. The van der Waals surface area contributed by atoms with Gasteiger partial charge in [-0.25, -0.2) is 4.90 Å². The van der Waals surface area contributed by atoms with Crippen molar-refractivity contribution in [1.29, 1.82) is 0 Å². The van der Waals surface area contributed by atoms with Gasteiger partial charge in [0, 0.05) is 11.6 Å². The summed E-state index contributed by atoms with van der Waals surface area (Å²) in [5, 5.41) is 0. The average molecular weight is 339 g/mol. The topological polar surface area (TPSA) is 51.0 Å². The van der Waals surface area contributed by atoms with Crippen LogP contribution in [0.25, 0.3) is 0 Å². The van der Waals surface area contributed by atoms with Crippen LogP contribution in [0.5, 0.6) is 5.75 Å². The molecule has 1 saturated heterocycles. The minimum absolute atomic E-state index is 0.146. The van der Waals surface area contributed by atoms with Gasteiger partial charge in [-0.3, -0.25) is 9.59 Å². The summed E-state index contributed by atoms with van der Waals surface area (Å²) in [6.07, 6.45) is 0.233. The molecular weight excluding hydrogens is 316 g/mol. The summed E-state index contributed by atoms with van der Waals surface area (Å²) < 4.78 is 5.48. The number of likely N-dealkylation sites (N-methyl/N-ethyl adjacent to an activating group) is 1. The van der Waals surface area contributed by atoms with Gasteiger partial charge in [-0.05, 0) is 19.1 Å². The molecular formula is C20H23N2O3+. The second-order valence-electron chi connectivity index (χ2n) is 6.26. The zero-order valence-electron chi connectivity index (χ0n) is 14.6. The van der Waals surface area contributed by atoms with Crippen LogP contribution in [0.15, 0.2) is 54.6 Å². The summed E-state index contributed by atoms with van der Waals surface area (Å²) in [6, 6.07) is 16.8. The Morgan fingerprint density at radius 3 is 2.60 bits per heavy atom. The molecule has 1 N–H and O–H groups in total. The number of quaternary nitrogens is 1. The molecule has 3 rings (SSSR count). The van der Waals surface area contributed by atoms with E-state index in [4.69, 9.17) is 4.74 Å².